The van der Waals surface area contributed by atoms with Crippen LogP contribution in [0.1, 0.15) is 0 Å². The molecule has 0 aliphatic carbocycles. The lowest BCUT2D eigenvalue weighted by Crippen LogP contribution is -2.32. The highest BCUT2D eigenvalue weighted by atomic mass is 127. The van der Waals surface area contributed by atoms with Crippen molar-refractivity contribution in [2.24, 2.45) is 0 Å². The minimum atomic E-state index is 0.0781. The van der Waals surface area contributed by atoms with Crippen LogP contribution >= 0.6 is 22.6 Å². The van der Waals surface area contributed by atoms with Crippen molar-refractivity contribution >= 4 is 28.5 Å². The Morgan fingerprint density at radius 1 is 1.67 bits per heavy atom. The largest absolute Gasteiger partial charge is 0.346 e. The maximum absolute atomic E-state index is 10.7. The molecule has 0 aromatic heterocycles. The number of carbonyl (C=O) groups excluding carboxylic acids is 1. The molecule has 0 unspecified atom stereocenters. The van der Waals surface area contributed by atoms with Crippen LogP contribution in [0.3, 0.4) is 0 Å². The summed E-state index contributed by atoms with van der Waals surface area (Å²) in [4.78, 5) is 12.5. The van der Waals surface area contributed by atoms with E-state index in [-0.39, 0.29) is 5.91 Å². The van der Waals surface area contributed by atoms with E-state index in [1.54, 1.807) is 0 Å². The van der Waals surface area contributed by atoms with Gasteiger partial charge < -0.3 is 10.2 Å². The van der Waals surface area contributed by atoms with Crippen LogP contribution in [0.5, 0.6) is 0 Å². The molecule has 0 aliphatic rings. The lowest BCUT2D eigenvalue weighted by molar-refractivity contribution is -0.121. The van der Waals surface area contributed by atoms with Crippen molar-refractivity contribution in [2.45, 2.75) is 0 Å². The van der Waals surface area contributed by atoms with E-state index in [9.17, 15) is 4.79 Å². The summed E-state index contributed by atoms with van der Waals surface area (Å²) in [5, 5.41) is 2.68. The van der Waals surface area contributed by atoms with Crippen LogP contribution < -0.4 is 5.32 Å². The number of hydrogen-bond acceptors (Lipinski definition) is 2. The van der Waals surface area contributed by atoms with Gasteiger partial charge in [-0.1, -0.05) is 22.6 Å². The summed E-state index contributed by atoms with van der Waals surface area (Å²) < 4.78 is 0.685. The fourth-order valence-corrected chi connectivity index (χ4v) is 0.843. The Hall–Kier alpha value is 0.160. The van der Waals surface area contributed by atoms with Gasteiger partial charge in [0.05, 0.1) is 11.1 Å². The number of nitrogens with zero attached hydrogens (tertiary/aromatic N) is 1. The summed E-state index contributed by atoms with van der Waals surface area (Å²) in [6.45, 7) is 0.475. The number of alkyl halides is 1. The Morgan fingerprint density at radius 2 is 2.22 bits per heavy atom. The molecule has 0 bridgehead atoms. The van der Waals surface area contributed by atoms with Crippen LogP contribution in [0, 0.1) is 0 Å². The van der Waals surface area contributed by atoms with E-state index in [1.807, 2.05) is 19.0 Å². The zero-order valence-electron chi connectivity index (χ0n) is 5.65. The summed E-state index contributed by atoms with van der Waals surface area (Å²) in [6, 6.07) is 0. The average molecular weight is 242 g/mol. The number of nitrogens with one attached hydrogen (secondary N) is 1. The molecule has 0 saturated carbocycles. The summed E-state index contributed by atoms with van der Waals surface area (Å²) in [5.41, 5.74) is 0. The van der Waals surface area contributed by atoms with E-state index < -0.39 is 0 Å². The molecule has 0 aliphatic heterocycles. The first-order chi connectivity index (χ1) is 4.16. The van der Waals surface area contributed by atoms with Gasteiger partial charge in [0, 0.05) is 0 Å². The number of amides is 1. The predicted octanol–water partition coefficient (Wildman–Crippen LogP) is 0.0567. The van der Waals surface area contributed by atoms with Gasteiger partial charge in [0.1, 0.15) is 0 Å². The summed E-state index contributed by atoms with van der Waals surface area (Å²) in [6.07, 6.45) is 0. The van der Waals surface area contributed by atoms with E-state index >= 15 is 0 Å². The molecule has 0 atom stereocenters. The Balaban J connectivity index is 3.27. The lowest BCUT2D eigenvalue weighted by atomic mass is 10.5. The molecule has 1 amide bonds. The first kappa shape index (κ1) is 9.16. The Bertz CT molecular complexity index is 95.0. The van der Waals surface area contributed by atoms with Gasteiger partial charge >= 0.3 is 0 Å². The third-order valence-corrected chi connectivity index (χ3v) is 1.11. The van der Waals surface area contributed by atoms with E-state index in [0.717, 1.165) is 0 Å². The molecular formula is C5H11IN2O. The second kappa shape index (κ2) is 4.99. The number of hydrogen-bond donors (Lipinski definition) is 1. The molecule has 3 nitrogen and oxygen atoms in total. The van der Waals surface area contributed by atoms with Crippen LogP contribution in [-0.4, -0.2) is 36.0 Å². The van der Waals surface area contributed by atoms with Crippen molar-refractivity contribution < 1.29 is 4.79 Å². The van der Waals surface area contributed by atoms with Gasteiger partial charge in [-0.15, -0.1) is 0 Å². The van der Waals surface area contributed by atoms with Crippen LogP contribution in [0.2, 0.25) is 0 Å². The van der Waals surface area contributed by atoms with E-state index in [0.29, 0.717) is 11.1 Å². The maximum Gasteiger partial charge on any atom is 0.234 e. The zero-order valence-corrected chi connectivity index (χ0v) is 7.81. The second-order valence-corrected chi connectivity index (χ2v) is 2.73. The highest BCUT2D eigenvalue weighted by Crippen LogP contribution is 1.77. The van der Waals surface area contributed by atoms with E-state index in [4.69, 9.17) is 0 Å². The Labute approximate surface area is 68.9 Å². The standard InChI is InChI=1S/C5H11IN2O/c1-8(2)3-5(9)7-4-6/h3-4H2,1-2H3,(H,7,9). The van der Waals surface area contributed by atoms with Gasteiger partial charge in [0.15, 0.2) is 0 Å². The fraction of sp³-hybridized carbons (Fsp3) is 0.800. The average Bonchev–Trinajstić information content (AvgIpc) is 1.63. The highest BCUT2D eigenvalue weighted by Gasteiger charge is 1.98. The van der Waals surface area contributed by atoms with Crippen LogP contribution in [0.15, 0.2) is 0 Å². The Kier molecular flexibility index (Phi) is 5.07. The first-order valence-corrected chi connectivity index (χ1v) is 4.16. The van der Waals surface area contributed by atoms with Crippen LogP contribution in [0.4, 0.5) is 0 Å². The van der Waals surface area contributed by atoms with Crippen molar-refractivity contribution in [3.63, 3.8) is 0 Å². The smallest absolute Gasteiger partial charge is 0.234 e. The molecule has 9 heavy (non-hydrogen) atoms. The highest BCUT2D eigenvalue weighted by molar-refractivity contribution is 14.1. The number of halogens is 1. The summed E-state index contributed by atoms with van der Waals surface area (Å²) in [7, 11) is 3.74. The number of carbonyl (C=O) groups is 1. The van der Waals surface area contributed by atoms with Crippen molar-refractivity contribution in [2.75, 3.05) is 25.2 Å². The van der Waals surface area contributed by atoms with Gasteiger partial charge in [-0.2, -0.15) is 0 Å². The van der Waals surface area contributed by atoms with Gasteiger partial charge in [-0.3, -0.25) is 4.79 Å². The normalized spacial score (nSPS) is 9.78. The molecule has 0 aromatic carbocycles. The second-order valence-electron chi connectivity index (χ2n) is 1.97. The third kappa shape index (κ3) is 6.04. The molecule has 1 N–H and O–H groups in total. The van der Waals surface area contributed by atoms with Crippen molar-refractivity contribution in [1.29, 1.82) is 0 Å². The van der Waals surface area contributed by atoms with Gasteiger partial charge in [0.2, 0.25) is 5.91 Å². The van der Waals surface area contributed by atoms with E-state index in [1.165, 1.54) is 0 Å². The first-order valence-electron chi connectivity index (χ1n) is 2.64. The Morgan fingerprint density at radius 3 is 2.56 bits per heavy atom. The topological polar surface area (TPSA) is 32.3 Å². The molecule has 4 heteroatoms. The zero-order chi connectivity index (χ0) is 7.28. The molecule has 0 spiro atoms. The van der Waals surface area contributed by atoms with Crippen molar-refractivity contribution in [3.8, 4) is 0 Å². The number of rotatable bonds is 3. The van der Waals surface area contributed by atoms with Crippen LogP contribution in [0.25, 0.3) is 0 Å². The van der Waals surface area contributed by atoms with Crippen molar-refractivity contribution in [1.82, 2.24) is 10.2 Å². The maximum atomic E-state index is 10.7. The lowest BCUT2D eigenvalue weighted by Gasteiger charge is -2.07. The monoisotopic (exact) mass is 242 g/mol. The van der Waals surface area contributed by atoms with E-state index in [2.05, 4.69) is 27.9 Å². The molecule has 0 heterocycles. The van der Waals surface area contributed by atoms with Gasteiger partial charge in [-0.05, 0) is 14.1 Å². The molecule has 0 fully saturated rings. The molecule has 0 aromatic rings. The molecule has 0 saturated heterocycles. The quantitative estimate of drug-likeness (QED) is 0.431. The predicted molar refractivity (Wildman–Crippen MR) is 45.6 cm³/mol. The molecule has 0 radical (unpaired) electrons. The third-order valence-electron chi connectivity index (χ3n) is 0.724. The number of likely N-dealkylation sites (N-methyl/N-ethyl adjacent to an activating group) is 1. The van der Waals surface area contributed by atoms with Crippen molar-refractivity contribution in [3.05, 3.63) is 0 Å². The minimum absolute atomic E-state index is 0.0781. The van der Waals surface area contributed by atoms with Gasteiger partial charge in [-0.25, -0.2) is 0 Å². The SMILES string of the molecule is CN(C)CC(=O)NCI. The molecular weight excluding hydrogens is 231 g/mol. The summed E-state index contributed by atoms with van der Waals surface area (Å²) >= 11 is 2.10. The minimum Gasteiger partial charge on any atom is -0.346 e. The molecule has 0 rings (SSSR count). The van der Waals surface area contributed by atoms with Crippen LogP contribution in [-0.2, 0) is 4.79 Å². The summed E-state index contributed by atoms with van der Waals surface area (Å²) in [5.74, 6) is 0.0781. The molecule has 54 valence electrons. The fourth-order valence-electron chi connectivity index (χ4n) is 0.418. The van der Waals surface area contributed by atoms with Gasteiger partial charge in [0.25, 0.3) is 0 Å².